The summed E-state index contributed by atoms with van der Waals surface area (Å²) in [5.41, 5.74) is 1.11. The summed E-state index contributed by atoms with van der Waals surface area (Å²) in [6.07, 6.45) is 3.68. The number of esters is 1. The van der Waals surface area contributed by atoms with Crippen LogP contribution in [0.15, 0.2) is 48.1 Å². The van der Waals surface area contributed by atoms with Crippen LogP contribution in [0, 0.1) is 0 Å². The van der Waals surface area contributed by atoms with Gasteiger partial charge in [0.05, 0.1) is 25.4 Å². The van der Waals surface area contributed by atoms with Crippen molar-refractivity contribution in [2.45, 2.75) is 20.0 Å². The van der Waals surface area contributed by atoms with Gasteiger partial charge in [-0.25, -0.2) is 4.79 Å². The summed E-state index contributed by atoms with van der Waals surface area (Å²) in [7, 11) is 0. The minimum absolute atomic E-state index is 0.0549. The molecular weight excluding hydrogens is 272 g/mol. The molecule has 0 aliphatic rings. The monoisotopic (exact) mass is 296 g/mol. The van der Waals surface area contributed by atoms with Crippen LogP contribution in [0.5, 0.6) is 0 Å². The van der Waals surface area contributed by atoms with E-state index in [1.165, 1.54) is 12.2 Å². The van der Waals surface area contributed by atoms with Crippen LogP contribution in [0.2, 0.25) is 0 Å². The SMILES string of the molecule is C=C/C=C(\C(=C)C(O)C(C)=CC)C(=O)OCCOCCO. The van der Waals surface area contributed by atoms with Crippen LogP contribution in [-0.2, 0) is 14.3 Å². The summed E-state index contributed by atoms with van der Waals surface area (Å²) in [6, 6.07) is 0. The van der Waals surface area contributed by atoms with E-state index < -0.39 is 12.1 Å². The van der Waals surface area contributed by atoms with Crippen molar-refractivity contribution in [2.75, 3.05) is 26.4 Å². The van der Waals surface area contributed by atoms with E-state index in [9.17, 15) is 9.90 Å². The number of hydrogen-bond acceptors (Lipinski definition) is 5. The molecule has 1 unspecified atom stereocenters. The number of allylic oxidation sites excluding steroid dienone is 3. The van der Waals surface area contributed by atoms with Gasteiger partial charge in [-0.1, -0.05) is 25.3 Å². The average Bonchev–Trinajstić information content (AvgIpc) is 2.49. The fourth-order valence-corrected chi connectivity index (χ4v) is 1.44. The Kier molecular flexibility index (Phi) is 10.1. The lowest BCUT2D eigenvalue weighted by Crippen LogP contribution is -2.20. The molecular formula is C16H24O5. The number of carbonyl (C=O) groups is 1. The van der Waals surface area contributed by atoms with E-state index in [2.05, 4.69) is 13.2 Å². The Morgan fingerprint density at radius 1 is 1.33 bits per heavy atom. The molecule has 5 nitrogen and oxygen atoms in total. The molecule has 5 heteroatoms. The van der Waals surface area contributed by atoms with Gasteiger partial charge in [-0.3, -0.25) is 0 Å². The first kappa shape index (κ1) is 19.3. The molecule has 0 aromatic rings. The number of carbonyl (C=O) groups excluding carboxylic acids is 1. The van der Waals surface area contributed by atoms with Crippen LogP contribution in [-0.4, -0.2) is 48.7 Å². The first-order valence-corrected chi connectivity index (χ1v) is 6.68. The third kappa shape index (κ3) is 7.04. The van der Waals surface area contributed by atoms with E-state index in [0.29, 0.717) is 5.57 Å². The Bertz CT molecular complexity index is 420. The molecule has 0 radical (unpaired) electrons. The normalized spacial score (nSPS) is 13.7. The molecule has 0 bridgehead atoms. The van der Waals surface area contributed by atoms with Gasteiger partial charge in [0.25, 0.3) is 0 Å². The zero-order chi connectivity index (χ0) is 16.3. The number of aliphatic hydroxyl groups excluding tert-OH is 2. The van der Waals surface area contributed by atoms with Gasteiger partial charge in [0.15, 0.2) is 0 Å². The first-order valence-electron chi connectivity index (χ1n) is 6.68. The molecule has 0 saturated heterocycles. The highest BCUT2D eigenvalue weighted by Gasteiger charge is 2.20. The van der Waals surface area contributed by atoms with E-state index in [0.717, 1.165) is 0 Å². The standard InChI is InChI=1S/C16H24O5/c1-5-7-14(13(4)15(18)12(3)6-2)16(19)21-11-10-20-9-8-17/h5-7,15,17-18H,1,4,8-11H2,2-3H3/b12-6?,14-7+. The van der Waals surface area contributed by atoms with Gasteiger partial charge in [0, 0.05) is 0 Å². The predicted molar refractivity (Wildman–Crippen MR) is 81.7 cm³/mol. The quantitative estimate of drug-likeness (QED) is 0.210. The molecule has 0 saturated carbocycles. The Morgan fingerprint density at radius 2 is 2.00 bits per heavy atom. The Balaban J connectivity index is 4.68. The minimum atomic E-state index is -0.945. The fourth-order valence-electron chi connectivity index (χ4n) is 1.44. The topological polar surface area (TPSA) is 76.0 Å². The fraction of sp³-hybridized carbons (Fsp3) is 0.438. The highest BCUT2D eigenvalue weighted by molar-refractivity contribution is 5.94. The van der Waals surface area contributed by atoms with Crippen LogP contribution in [0.4, 0.5) is 0 Å². The van der Waals surface area contributed by atoms with E-state index in [-0.39, 0.29) is 37.6 Å². The Morgan fingerprint density at radius 3 is 2.52 bits per heavy atom. The summed E-state index contributed by atoms with van der Waals surface area (Å²) in [6.45, 7) is 11.2. The smallest absolute Gasteiger partial charge is 0.338 e. The molecule has 1 atom stereocenters. The van der Waals surface area contributed by atoms with E-state index in [1.807, 2.05) is 0 Å². The molecule has 0 aliphatic heterocycles. The molecule has 0 aromatic heterocycles. The molecule has 0 spiro atoms. The number of ether oxygens (including phenoxy) is 2. The second-order valence-corrected chi connectivity index (χ2v) is 4.25. The zero-order valence-electron chi connectivity index (χ0n) is 12.7. The summed E-state index contributed by atoms with van der Waals surface area (Å²) in [5.74, 6) is -0.601. The van der Waals surface area contributed by atoms with Crippen molar-refractivity contribution < 1.29 is 24.5 Å². The Hall–Kier alpha value is -1.69. The molecule has 2 N–H and O–H groups in total. The molecule has 21 heavy (non-hydrogen) atoms. The van der Waals surface area contributed by atoms with Gasteiger partial charge in [-0.15, -0.1) is 0 Å². The number of rotatable bonds is 10. The van der Waals surface area contributed by atoms with Crippen molar-refractivity contribution >= 4 is 5.97 Å². The largest absolute Gasteiger partial charge is 0.460 e. The van der Waals surface area contributed by atoms with Gasteiger partial charge in [-0.05, 0) is 31.1 Å². The van der Waals surface area contributed by atoms with Crippen LogP contribution in [0.1, 0.15) is 13.8 Å². The second kappa shape index (κ2) is 11.0. The van der Waals surface area contributed by atoms with Gasteiger partial charge in [-0.2, -0.15) is 0 Å². The highest BCUT2D eigenvalue weighted by Crippen LogP contribution is 2.19. The summed E-state index contributed by atoms with van der Waals surface area (Å²) in [4.78, 5) is 12.0. The molecule has 0 amide bonds. The van der Waals surface area contributed by atoms with Crippen molar-refractivity contribution in [3.8, 4) is 0 Å². The lowest BCUT2D eigenvalue weighted by Gasteiger charge is -2.16. The lowest BCUT2D eigenvalue weighted by molar-refractivity contribution is -0.140. The predicted octanol–water partition coefficient (Wildman–Crippen LogP) is 1.53. The maximum atomic E-state index is 12.0. The van der Waals surface area contributed by atoms with Gasteiger partial charge in [0.2, 0.25) is 0 Å². The van der Waals surface area contributed by atoms with Crippen LogP contribution in [0.3, 0.4) is 0 Å². The van der Waals surface area contributed by atoms with E-state index in [1.54, 1.807) is 19.9 Å². The highest BCUT2D eigenvalue weighted by atomic mass is 16.6. The first-order chi connectivity index (χ1) is 9.99. The summed E-state index contributed by atoms with van der Waals surface area (Å²) < 4.78 is 10.0. The molecule has 0 heterocycles. The van der Waals surface area contributed by atoms with Gasteiger partial charge in [0.1, 0.15) is 12.7 Å². The van der Waals surface area contributed by atoms with Crippen molar-refractivity contribution in [1.29, 1.82) is 0 Å². The molecule has 118 valence electrons. The maximum Gasteiger partial charge on any atom is 0.338 e. The summed E-state index contributed by atoms with van der Waals surface area (Å²) >= 11 is 0. The molecule has 0 aliphatic carbocycles. The van der Waals surface area contributed by atoms with Crippen LogP contribution < -0.4 is 0 Å². The maximum absolute atomic E-state index is 12.0. The second-order valence-electron chi connectivity index (χ2n) is 4.25. The van der Waals surface area contributed by atoms with E-state index in [4.69, 9.17) is 14.6 Å². The van der Waals surface area contributed by atoms with Crippen LogP contribution in [0.25, 0.3) is 0 Å². The lowest BCUT2D eigenvalue weighted by atomic mass is 9.97. The van der Waals surface area contributed by atoms with Crippen molar-refractivity contribution in [3.63, 3.8) is 0 Å². The van der Waals surface area contributed by atoms with Crippen molar-refractivity contribution in [3.05, 3.63) is 48.1 Å². The third-order valence-corrected chi connectivity index (χ3v) is 2.76. The van der Waals surface area contributed by atoms with Gasteiger partial charge < -0.3 is 19.7 Å². The number of aliphatic hydroxyl groups is 2. The van der Waals surface area contributed by atoms with Crippen LogP contribution >= 0.6 is 0 Å². The third-order valence-electron chi connectivity index (χ3n) is 2.76. The van der Waals surface area contributed by atoms with E-state index >= 15 is 0 Å². The Labute approximate surface area is 125 Å². The molecule has 0 rings (SSSR count). The van der Waals surface area contributed by atoms with Crippen molar-refractivity contribution in [1.82, 2.24) is 0 Å². The minimum Gasteiger partial charge on any atom is -0.460 e. The molecule has 0 fully saturated rings. The summed E-state index contributed by atoms with van der Waals surface area (Å²) in [5, 5.41) is 18.6. The molecule has 0 aromatic carbocycles. The zero-order valence-corrected chi connectivity index (χ0v) is 12.7. The number of hydrogen-bond donors (Lipinski definition) is 2. The average molecular weight is 296 g/mol. The van der Waals surface area contributed by atoms with Gasteiger partial charge >= 0.3 is 5.97 Å². The van der Waals surface area contributed by atoms with Crippen molar-refractivity contribution in [2.24, 2.45) is 0 Å².